The van der Waals surface area contributed by atoms with Crippen molar-refractivity contribution in [1.29, 1.82) is 0 Å². The molecule has 0 aromatic heterocycles. The fourth-order valence-electron chi connectivity index (χ4n) is 1.56. The van der Waals surface area contributed by atoms with Gasteiger partial charge in [-0.15, -0.1) is 0 Å². The minimum absolute atomic E-state index is 0.0826. The van der Waals surface area contributed by atoms with E-state index in [4.69, 9.17) is 14.2 Å². The van der Waals surface area contributed by atoms with Crippen LogP contribution >= 0.6 is 0 Å². The molecule has 94 valence electrons. The number of ether oxygens (including phenoxy) is 3. The van der Waals surface area contributed by atoms with E-state index in [2.05, 4.69) is 0 Å². The summed E-state index contributed by atoms with van der Waals surface area (Å²) in [6, 6.07) is 3.12. The molecule has 1 fully saturated rings. The molecule has 0 saturated carbocycles. The van der Waals surface area contributed by atoms with Crippen molar-refractivity contribution in [3.05, 3.63) is 29.8 Å². The van der Waals surface area contributed by atoms with E-state index in [1.54, 1.807) is 0 Å². The van der Waals surface area contributed by atoms with E-state index in [0.29, 0.717) is 19.6 Å². The molecule has 0 radical (unpaired) electrons. The Morgan fingerprint density at radius 2 is 2.00 bits per heavy atom. The van der Waals surface area contributed by atoms with Crippen LogP contribution in [-0.4, -0.2) is 26.1 Å². The Balaban J connectivity index is 1.79. The van der Waals surface area contributed by atoms with Gasteiger partial charge in [0.15, 0.2) is 17.9 Å². The zero-order valence-corrected chi connectivity index (χ0v) is 9.33. The van der Waals surface area contributed by atoms with Crippen LogP contribution in [0.25, 0.3) is 0 Å². The van der Waals surface area contributed by atoms with Crippen molar-refractivity contribution in [1.82, 2.24) is 0 Å². The lowest BCUT2D eigenvalue weighted by Crippen LogP contribution is -2.26. The lowest BCUT2D eigenvalue weighted by atomic mass is 10.3. The first kappa shape index (κ1) is 12.3. The van der Waals surface area contributed by atoms with Crippen molar-refractivity contribution in [3.63, 3.8) is 0 Å². The molecule has 0 spiro atoms. The molecule has 0 bridgehead atoms. The highest BCUT2D eigenvalue weighted by Crippen LogP contribution is 2.18. The van der Waals surface area contributed by atoms with Gasteiger partial charge in [-0.2, -0.15) is 0 Å². The minimum Gasteiger partial charge on any atom is -0.490 e. The molecular weight excluding hydrogens is 230 g/mol. The molecule has 2 rings (SSSR count). The van der Waals surface area contributed by atoms with E-state index in [9.17, 15) is 8.78 Å². The number of hydrogen-bond donors (Lipinski definition) is 0. The summed E-state index contributed by atoms with van der Waals surface area (Å²) in [5.41, 5.74) is 0. The summed E-state index contributed by atoms with van der Waals surface area (Å²) in [5, 5.41) is 0. The highest BCUT2D eigenvalue weighted by molar-refractivity contribution is 5.24. The first-order valence-corrected chi connectivity index (χ1v) is 5.57. The van der Waals surface area contributed by atoms with E-state index in [-0.39, 0.29) is 18.6 Å². The first-order chi connectivity index (χ1) is 8.25. The lowest BCUT2D eigenvalue weighted by Gasteiger charge is -2.23. The van der Waals surface area contributed by atoms with E-state index in [1.165, 1.54) is 0 Å². The Hall–Kier alpha value is -1.20. The smallest absolute Gasteiger partial charge is 0.165 e. The number of halogens is 2. The van der Waals surface area contributed by atoms with Gasteiger partial charge in [0.1, 0.15) is 5.82 Å². The number of benzene rings is 1. The van der Waals surface area contributed by atoms with Crippen LogP contribution in [0.3, 0.4) is 0 Å². The second-order valence-electron chi connectivity index (χ2n) is 3.74. The molecule has 1 aromatic carbocycles. The molecule has 1 aliphatic heterocycles. The average molecular weight is 244 g/mol. The van der Waals surface area contributed by atoms with Crippen molar-refractivity contribution in [2.24, 2.45) is 0 Å². The normalized spacial score (nSPS) is 17.1. The molecule has 3 nitrogen and oxygen atoms in total. The summed E-state index contributed by atoms with van der Waals surface area (Å²) >= 11 is 0. The molecule has 0 aliphatic carbocycles. The number of hydrogen-bond acceptors (Lipinski definition) is 3. The Morgan fingerprint density at radius 1 is 1.24 bits per heavy atom. The van der Waals surface area contributed by atoms with Gasteiger partial charge in [0.25, 0.3) is 0 Å². The summed E-state index contributed by atoms with van der Waals surface area (Å²) in [4.78, 5) is 0. The Labute approximate surface area is 98.3 Å². The average Bonchev–Trinajstić information content (AvgIpc) is 2.35. The van der Waals surface area contributed by atoms with Gasteiger partial charge in [0.2, 0.25) is 0 Å². The van der Waals surface area contributed by atoms with Crippen LogP contribution in [0.4, 0.5) is 8.78 Å². The van der Waals surface area contributed by atoms with Crippen LogP contribution in [0.5, 0.6) is 5.75 Å². The quantitative estimate of drug-likeness (QED) is 0.814. The second kappa shape index (κ2) is 5.93. The minimum atomic E-state index is -0.572. The summed E-state index contributed by atoms with van der Waals surface area (Å²) in [6.07, 6.45) is 1.08. The fraction of sp³-hybridized carbons (Fsp3) is 0.500. The van der Waals surface area contributed by atoms with E-state index < -0.39 is 11.6 Å². The van der Waals surface area contributed by atoms with Crippen molar-refractivity contribution in [3.8, 4) is 5.75 Å². The Kier molecular flexibility index (Phi) is 4.28. The van der Waals surface area contributed by atoms with Gasteiger partial charge < -0.3 is 14.2 Å². The second-order valence-corrected chi connectivity index (χ2v) is 3.74. The summed E-state index contributed by atoms with van der Waals surface area (Å²) in [6.45, 7) is 1.56. The summed E-state index contributed by atoms with van der Waals surface area (Å²) in [5.74, 6) is -1.18. The molecule has 1 saturated heterocycles. The SMILES string of the molecule is Fc1ccc(F)c(OCCC2OCCCO2)c1. The van der Waals surface area contributed by atoms with Gasteiger partial charge in [-0.3, -0.25) is 0 Å². The van der Waals surface area contributed by atoms with Gasteiger partial charge in [0, 0.05) is 12.5 Å². The molecule has 17 heavy (non-hydrogen) atoms. The Morgan fingerprint density at radius 3 is 2.76 bits per heavy atom. The molecular formula is C12H14F2O3. The first-order valence-electron chi connectivity index (χ1n) is 5.57. The van der Waals surface area contributed by atoms with Crippen molar-refractivity contribution in [2.45, 2.75) is 19.1 Å². The fourth-order valence-corrected chi connectivity index (χ4v) is 1.56. The molecule has 0 unspecified atom stereocenters. The Bertz CT molecular complexity index is 365. The summed E-state index contributed by atoms with van der Waals surface area (Å²) < 4.78 is 41.8. The van der Waals surface area contributed by atoms with E-state index >= 15 is 0 Å². The molecule has 0 atom stereocenters. The van der Waals surface area contributed by atoms with Crippen molar-refractivity contribution in [2.75, 3.05) is 19.8 Å². The van der Waals surface area contributed by atoms with Gasteiger partial charge in [-0.25, -0.2) is 8.78 Å². The van der Waals surface area contributed by atoms with Crippen LogP contribution in [0.15, 0.2) is 18.2 Å². The lowest BCUT2D eigenvalue weighted by molar-refractivity contribution is -0.183. The predicted octanol–water partition coefficient (Wildman–Crippen LogP) is 2.50. The van der Waals surface area contributed by atoms with Crippen LogP contribution in [-0.2, 0) is 9.47 Å². The molecule has 5 heteroatoms. The maximum Gasteiger partial charge on any atom is 0.165 e. The zero-order valence-electron chi connectivity index (χ0n) is 9.33. The molecule has 0 N–H and O–H groups in total. The van der Waals surface area contributed by atoms with Crippen molar-refractivity contribution >= 4 is 0 Å². The number of rotatable bonds is 4. The van der Waals surface area contributed by atoms with E-state index in [0.717, 1.165) is 24.6 Å². The third kappa shape index (κ3) is 3.64. The maximum atomic E-state index is 13.2. The van der Waals surface area contributed by atoms with Crippen LogP contribution in [0, 0.1) is 11.6 Å². The van der Waals surface area contributed by atoms with Gasteiger partial charge in [-0.1, -0.05) is 0 Å². The highest BCUT2D eigenvalue weighted by atomic mass is 19.1. The molecule has 1 heterocycles. The maximum absolute atomic E-state index is 13.2. The molecule has 1 aromatic rings. The van der Waals surface area contributed by atoms with Crippen LogP contribution in [0.1, 0.15) is 12.8 Å². The third-order valence-electron chi connectivity index (χ3n) is 2.40. The highest BCUT2D eigenvalue weighted by Gasteiger charge is 2.14. The van der Waals surface area contributed by atoms with Crippen molar-refractivity contribution < 1.29 is 23.0 Å². The van der Waals surface area contributed by atoms with Crippen LogP contribution in [0.2, 0.25) is 0 Å². The van der Waals surface area contributed by atoms with E-state index in [1.807, 2.05) is 0 Å². The van der Waals surface area contributed by atoms with Gasteiger partial charge in [-0.05, 0) is 18.6 Å². The zero-order chi connectivity index (χ0) is 12.1. The largest absolute Gasteiger partial charge is 0.490 e. The predicted molar refractivity (Wildman–Crippen MR) is 56.8 cm³/mol. The topological polar surface area (TPSA) is 27.7 Å². The third-order valence-corrected chi connectivity index (χ3v) is 2.40. The molecule has 1 aliphatic rings. The summed E-state index contributed by atoms with van der Waals surface area (Å²) in [7, 11) is 0. The standard InChI is InChI=1S/C12H14F2O3/c13-9-2-3-10(14)11(8-9)15-7-4-12-16-5-1-6-17-12/h2-3,8,12H,1,4-7H2. The van der Waals surface area contributed by atoms with Gasteiger partial charge in [0.05, 0.1) is 19.8 Å². The van der Waals surface area contributed by atoms with Gasteiger partial charge >= 0.3 is 0 Å². The molecule has 0 amide bonds. The van der Waals surface area contributed by atoms with Crippen LogP contribution < -0.4 is 4.74 Å². The monoisotopic (exact) mass is 244 g/mol.